The van der Waals surface area contributed by atoms with Gasteiger partial charge in [-0.25, -0.2) is 4.98 Å². The molecule has 1 aromatic carbocycles. The normalized spacial score (nSPS) is 10.8. The smallest absolute Gasteiger partial charge is 0.223 e. The molecule has 0 spiro atoms. The second kappa shape index (κ2) is 5.59. The van der Waals surface area contributed by atoms with Gasteiger partial charge in [-0.2, -0.15) is 0 Å². The Morgan fingerprint density at radius 3 is 3.00 bits per heavy atom. The summed E-state index contributed by atoms with van der Waals surface area (Å²) < 4.78 is 0.976. The number of amides is 1. The first-order valence-corrected chi connectivity index (χ1v) is 7.21. The third-order valence-electron chi connectivity index (χ3n) is 3.06. The minimum atomic E-state index is -0.135. The predicted octanol–water partition coefficient (Wildman–Crippen LogP) is 2.81. The van der Waals surface area contributed by atoms with Crippen LogP contribution in [0.1, 0.15) is 12.5 Å². The molecule has 0 aliphatic rings. The van der Waals surface area contributed by atoms with E-state index in [0.29, 0.717) is 5.13 Å². The monoisotopic (exact) mass is 299 g/mol. The molecule has 3 rings (SSSR count). The Hall–Kier alpha value is -2.31. The van der Waals surface area contributed by atoms with E-state index < -0.39 is 0 Å². The summed E-state index contributed by atoms with van der Waals surface area (Å²) in [4.78, 5) is 19.5. The molecule has 0 saturated carbocycles. The first-order valence-electron chi connectivity index (χ1n) is 6.39. The summed E-state index contributed by atoms with van der Waals surface area (Å²) in [5.74, 6) is -0.135. The number of fused-ring (bicyclic) bond motifs is 1. The molecule has 2 N–H and O–H groups in total. The van der Waals surface area contributed by atoms with Crippen LogP contribution in [-0.4, -0.2) is 21.0 Å². The average Bonchev–Trinajstić information content (AvgIpc) is 2.87. The number of thiazole rings is 1. The molecular weight excluding hydrogens is 286 g/mol. The average molecular weight is 299 g/mol. The minimum Gasteiger partial charge on any atom is -0.392 e. The molecule has 2 aromatic heterocycles. The molecule has 0 saturated heterocycles. The summed E-state index contributed by atoms with van der Waals surface area (Å²) in [6, 6.07) is 7.64. The van der Waals surface area contributed by atoms with Gasteiger partial charge in [0.2, 0.25) is 5.91 Å². The number of rotatable bonds is 3. The number of hydrogen-bond donors (Lipinski definition) is 2. The highest BCUT2D eigenvalue weighted by atomic mass is 32.1. The SMILES string of the molecule is CC(=O)Nc1nc2ccc(-c3cnccc3CO)cc2s1. The third-order valence-corrected chi connectivity index (χ3v) is 4.00. The molecule has 0 radical (unpaired) electrons. The Kier molecular flexibility index (Phi) is 3.64. The molecule has 1 amide bonds. The van der Waals surface area contributed by atoms with Gasteiger partial charge >= 0.3 is 0 Å². The number of aliphatic hydroxyl groups excluding tert-OH is 1. The van der Waals surface area contributed by atoms with E-state index >= 15 is 0 Å². The quantitative estimate of drug-likeness (QED) is 0.780. The van der Waals surface area contributed by atoms with Crippen molar-refractivity contribution in [2.24, 2.45) is 0 Å². The zero-order chi connectivity index (χ0) is 14.8. The second-order valence-electron chi connectivity index (χ2n) is 4.57. The maximum Gasteiger partial charge on any atom is 0.223 e. The highest BCUT2D eigenvalue weighted by Crippen LogP contribution is 2.31. The van der Waals surface area contributed by atoms with Gasteiger partial charge in [-0.15, -0.1) is 0 Å². The van der Waals surface area contributed by atoms with Crippen molar-refractivity contribution in [3.05, 3.63) is 42.2 Å². The lowest BCUT2D eigenvalue weighted by atomic mass is 10.0. The van der Waals surface area contributed by atoms with Gasteiger partial charge in [0, 0.05) is 24.9 Å². The number of nitrogens with one attached hydrogen (secondary N) is 1. The fourth-order valence-electron chi connectivity index (χ4n) is 2.12. The van der Waals surface area contributed by atoms with Crippen molar-refractivity contribution in [3.8, 4) is 11.1 Å². The van der Waals surface area contributed by atoms with Gasteiger partial charge < -0.3 is 10.4 Å². The molecule has 0 fully saturated rings. The lowest BCUT2D eigenvalue weighted by Crippen LogP contribution is -2.04. The van der Waals surface area contributed by atoms with Crippen LogP contribution in [-0.2, 0) is 11.4 Å². The van der Waals surface area contributed by atoms with E-state index in [-0.39, 0.29) is 12.5 Å². The summed E-state index contributed by atoms with van der Waals surface area (Å²) in [5.41, 5.74) is 3.53. The summed E-state index contributed by atoms with van der Waals surface area (Å²) in [6.45, 7) is 1.43. The van der Waals surface area contributed by atoms with Crippen LogP contribution >= 0.6 is 11.3 Å². The summed E-state index contributed by atoms with van der Waals surface area (Å²) >= 11 is 1.42. The Morgan fingerprint density at radius 1 is 1.38 bits per heavy atom. The zero-order valence-corrected chi connectivity index (χ0v) is 12.1. The first-order chi connectivity index (χ1) is 10.2. The number of nitrogens with zero attached hydrogens (tertiary/aromatic N) is 2. The van der Waals surface area contributed by atoms with Crippen LogP contribution in [0.25, 0.3) is 21.3 Å². The Bertz CT molecular complexity index is 814. The van der Waals surface area contributed by atoms with Crippen LogP contribution in [0.4, 0.5) is 5.13 Å². The van der Waals surface area contributed by atoms with Crippen molar-refractivity contribution in [2.45, 2.75) is 13.5 Å². The van der Waals surface area contributed by atoms with Crippen molar-refractivity contribution in [3.63, 3.8) is 0 Å². The standard InChI is InChI=1S/C15H13N3O2S/c1-9(20)17-15-18-13-3-2-10(6-14(13)21-15)12-7-16-5-4-11(12)8-19/h2-7,19H,8H2,1H3,(H,17,18,20). The lowest BCUT2D eigenvalue weighted by molar-refractivity contribution is -0.114. The van der Waals surface area contributed by atoms with E-state index in [0.717, 1.165) is 26.9 Å². The van der Waals surface area contributed by atoms with Crippen molar-refractivity contribution in [1.29, 1.82) is 0 Å². The van der Waals surface area contributed by atoms with Gasteiger partial charge in [-0.05, 0) is 29.3 Å². The highest BCUT2D eigenvalue weighted by Gasteiger charge is 2.09. The van der Waals surface area contributed by atoms with E-state index in [9.17, 15) is 9.90 Å². The number of benzene rings is 1. The van der Waals surface area contributed by atoms with Gasteiger partial charge in [0.05, 0.1) is 16.8 Å². The topological polar surface area (TPSA) is 75.1 Å². The van der Waals surface area contributed by atoms with E-state index in [1.54, 1.807) is 18.5 Å². The van der Waals surface area contributed by atoms with Crippen molar-refractivity contribution in [2.75, 3.05) is 5.32 Å². The van der Waals surface area contributed by atoms with Gasteiger partial charge in [-0.3, -0.25) is 9.78 Å². The molecule has 0 atom stereocenters. The molecule has 0 aliphatic carbocycles. The summed E-state index contributed by atoms with van der Waals surface area (Å²) in [6.07, 6.45) is 3.40. The number of pyridine rings is 1. The molecule has 0 unspecified atom stereocenters. The predicted molar refractivity (Wildman–Crippen MR) is 83.1 cm³/mol. The largest absolute Gasteiger partial charge is 0.392 e. The Labute approximate surface area is 125 Å². The number of anilines is 1. The van der Waals surface area contributed by atoms with E-state index in [1.165, 1.54) is 18.3 Å². The Morgan fingerprint density at radius 2 is 2.24 bits per heavy atom. The molecule has 0 bridgehead atoms. The number of aromatic nitrogens is 2. The van der Waals surface area contributed by atoms with Gasteiger partial charge in [0.1, 0.15) is 0 Å². The highest BCUT2D eigenvalue weighted by molar-refractivity contribution is 7.22. The minimum absolute atomic E-state index is 0.0320. The maximum atomic E-state index is 11.1. The van der Waals surface area contributed by atoms with Crippen molar-refractivity contribution in [1.82, 2.24) is 9.97 Å². The fraction of sp³-hybridized carbons (Fsp3) is 0.133. The first kappa shape index (κ1) is 13.7. The zero-order valence-electron chi connectivity index (χ0n) is 11.3. The molecule has 106 valence electrons. The van der Waals surface area contributed by atoms with Gasteiger partial charge in [0.15, 0.2) is 5.13 Å². The molecular formula is C15H13N3O2S. The van der Waals surface area contributed by atoms with Crippen LogP contribution in [0, 0.1) is 0 Å². The van der Waals surface area contributed by atoms with Crippen molar-refractivity contribution < 1.29 is 9.90 Å². The van der Waals surface area contributed by atoms with Crippen LogP contribution in [0.5, 0.6) is 0 Å². The molecule has 0 aliphatic heterocycles. The molecule has 21 heavy (non-hydrogen) atoms. The lowest BCUT2D eigenvalue weighted by Gasteiger charge is -2.06. The molecule has 5 nitrogen and oxygen atoms in total. The van der Waals surface area contributed by atoms with Crippen LogP contribution < -0.4 is 5.32 Å². The maximum absolute atomic E-state index is 11.1. The molecule has 6 heteroatoms. The summed E-state index contributed by atoms with van der Waals surface area (Å²) in [5, 5.41) is 12.7. The molecule has 2 heterocycles. The number of carbonyl (C=O) groups excluding carboxylic acids is 1. The van der Waals surface area contributed by atoms with Gasteiger partial charge in [-0.1, -0.05) is 17.4 Å². The van der Waals surface area contributed by atoms with Gasteiger partial charge in [0.25, 0.3) is 0 Å². The third kappa shape index (κ3) is 2.76. The van der Waals surface area contributed by atoms with Crippen molar-refractivity contribution >= 4 is 32.6 Å². The Balaban J connectivity index is 2.06. The molecule has 3 aromatic rings. The second-order valence-corrected chi connectivity index (χ2v) is 5.60. The number of carbonyl (C=O) groups is 1. The van der Waals surface area contributed by atoms with Crippen LogP contribution in [0.3, 0.4) is 0 Å². The van der Waals surface area contributed by atoms with Crippen LogP contribution in [0.2, 0.25) is 0 Å². The number of aliphatic hydroxyl groups is 1. The van der Waals surface area contributed by atoms with E-state index in [2.05, 4.69) is 15.3 Å². The summed E-state index contributed by atoms with van der Waals surface area (Å²) in [7, 11) is 0. The van der Waals surface area contributed by atoms with E-state index in [1.807, 2.05) is 18.2 Å². The number of hydrogen-bond acceptors (Lipinski definition) is 5. The van der Waals surface area contributed by atoms with Crippen LogP contribution in [0.15, 0.2) is 36.7 Å². The van der Waals surface area contributed by atoms with E-state index in [4.69, 9.17) is 0 Å². The fourth-order valence-corrected chi connectivity index (χ4v) is 3.07.